The topological polar surface area (TPSA) is 61.4 Å². The van der Waals surface area contributed by atoms with Crippen molar-refractivity contribution in [1.29, 1.82) is 0 Å². The molecule has 2 aromatic rings. The first kappa shape index (κ1) is 18.6. The number of nitrogens with one attached hydrogen (secondary N) is 2. The van der Waals surface area contributed by atoms with Crippen LogP contribution in [0, 0.1) is 5.82 Å². The molecule has 0 aliphatic carbocycles. The van der Waals surface area contributed by atoms with Crippen LogP contribution >= 0.6 is 0 Å². The molecule has 1 unspecified atom stereocenters. The molecule has 0 saturated carbocycles. The van der Waals surface area contributed by atoms with Gasteiger partial charge in [0.25, 0.3) is 0 Å². The van der Waals surface area contributed by atoms with Crippen LogP contribution in [0.3, 0.4) is 0 Å². The van der Waals surface area contributed by atoms with Crippen LogP contribution in [0.15, 0.2) is 42.5 Å². The summed E-state index contributed by atoms with van der Waals surface area (Å²) < 4.78 is 14.0. The molecular weight excluding hydrogens is 357 g/mol. The lowest BCUT2D eigenvalue weighted by atomic mass is 9.86. The van der Waals surface area contributed by atoms with Crippen LogP contribution in [0.1, 0.15) is 37.8 Å². The number of rotatable bonds is 4. The second-order valence-electron chi connectivity index (χ2n) is 8.05. The Labute approximate surface area is 163 Å². The summed E-state index contributed by atoms with van der Waals surface area (Å²) in [7, 11) is 0. The van der Waals surface area contributed by atoms with Crippen molar-refractivity contribution in [2.75, 3.05) is 17.2 Å². The van der Waals surface area contributed by atoms with Crippen LogP contribution in [0.5, 0.6) is 0 Å². The first-order chi connectivity index (χ1) is 13.4. The van der Waals surface area contributed by atoms with Gasteiger partial charge < -0.3 is 10.6 Å². The van der Waals surface area contributed by atoms with Gasteiger partial charge in [-0.15, -0.1) is 0 Å². The SMILES string of the molecule is CC1(C)C(=O)Nc2ccc(NC(=O)C3CCCN3Cc3ccccc3F)cc21. The number of halogens is 1. The van der Waals surface area contributed by atoms with Crippen LogP contribution in [0.2, 0.25) is 0 Å². The third kappa shape index (κ3) is 3.29. The molecule has 28 heavy (non-hydrogen) atoms. The van der Waals surface area contributed by atoms with E-state index in [1.54, 1.807) is 18.2 Å². The summed E-state index contributed by atoms with van der Waals surface area (Å²) in [5.41, 5.74) is 2.32. The van der Waals surface area contributed by atoms with Crippen molar-refractivity contribution in [2.24, 2.45) is 0 Å². The minimum absolute atomic E-state index is 0.0437. The molecule has 2 N–H and O–H groups in total. The quantitative estimate of drug-likeness (QED) is 0.850. The maximum Gasteiger partial charge on any atom is 0.241 e. The number of carbonyl (C=O) groups is 2. The maximum absolute atomic E-state index is 14.0. The number of hydrogen-bond donors (Lipinski definition) is 2. The normalized spacial score (nSPS) is 20.7. The van der Waals surface area contributed by atoms with E-state index in [-0.39, 0.29) is 23.7 Å². The lowest BCUT2D eigenvalue weighted by Gasteiger charge is -2.24. The highest BCUT2D eigenvalue weighted by atomic mass is 19.1. The summed E-state index contributed by atoms with van der Waals surface area (Å²) in [6.45, 7) is 4.92. The van der Waals surface area contributed by atoms with Crippen molar-refractivity contribution >= 4 is 23.2 Å². The molecule has 5 nitrogen and oxygen atoms in total. The number of amides is 2. The van der Waals surface area contributed by atoms with Crippen LogP contribution in [0.4, 0.5) is 15.8 Å². The van der Waals surface area contributed by atoms with Crippen LogP contribution in [-0.2, 0) is 21.5 Å². The van der Waals surface area contributed by atoms with E-state index < -0.39 is 5.41 Å². The van der Waals surface area contributed by atoms with Crippen molar-refractivity contribution in [3.05, 3.63) is 59.4 Å². The standard InChI is InChI=1S/C22H24FN3O2/c1-22(2)16-12-15(9-10-18(16)25-21(22)28)24-20(27)19-8-5-11-26(19)13-14-6-3-4-7-17(14)23/h3-4,6-7,9-10,12,19H,5,8,11,13H2,1-2H3,(H,24,27)(H,25,28). The van der Waals surface area contributed by atoms with E-state index in [4.69, 9.17) is 0 Å². The summed E-state index contributed by atoms with van der Waals surface area (Å²) in [6.07, 6.45) is 1.65. The second-order valence-corrected chi connectivity index (χ2v) is 8.05. The lowest BCUT2D eigenvalue weighted by Crippen LogP contribution is -2.39. The van der Waals surface area contributed by atoms with Crippen molar-refractivity contribution in [3.8, 4) is 0 Å². The van der Waals surface area contributed by atoms with Crippen molar-refractivity contribution < 1.29 is 14.0 Å². The molecule has 1 fully saturated rings. The van der Waals surface area contributed by atoms with E-state index >= 15 is 0 Å². The van der Waals surface area contributed by atoms with Gasteiger partial charge in [-0.3, -0.25) is 14.5 Å². The lowest BCUT2D eigenvalue weighted by molar-refractivity contribution is -0.120. The Balaban J connectivity index is 1.49. The van der Waals surface area contributed by atoms with Gasteiger partial charge in [-0.25, -0.2) is 4.39 Å². The fourth-order valence-corrected chi connectivity index (χ4v) is 4.03. The Bertz CT molecular complexity index is 941. The summed E-state index contributed by atoms with van der Waals surface area (Å²) >= 11 is 0. The molecule has 2 amide bonds. The first-order valence-electron chi connectivity index (χ1n) is 9.60. The van der Waals surface area contributed by atoms with Gasteiger partial charge in [0, 0.05) is 23.5 Å². The molecule has 4 rings (SSSR count). The Kier molecular flexibility index (Phi) is 4.67. The molecule has 2 heterocycles. The maximum atomic E-state index is 14.0. The molecule has 1 atom stereocenters. The zero-order valence-electron chi connectivity index (χ0n) is 16.1. The zero-order valence-corrected chi connectivity index (χ0v) is 16.1. The van der Waals surface area contributed by atoms with Crippen molar-refractivity contribution in [3.63, 3.8) is 0 Å². The average molecular weight is 381 g/mol. The number of fused-ring (bicyclic) bond motifs is 1. The highest BCUT2D eigenvalue weighted by Crippen LogP contribution is 2.38. The number of hydrogen-bond acceptors (Lipinski definition) is 3. The second kappa shape index (κ2) is 7.02. The Morgan fingerprint density at radius 3 is 2.86 bits per heavy atom. The number of likely N-dealkylation sites (tertiary alicyclic amines) is 1. The van der Waals surface area contributed by atoms with E-state index in [2.05, 4.69) is 10.6 Å². The predicted molar refractivity (Wildman–Crippen MR) is 107 cm³/mol. The molecule has 2 aliphatic heterocycles. The number of benzene rings is 2. The van der Waals surface area contributed by atoms with E-state index in [0.29, 0.717) is 17.8 Å². The monoisotopic (exact) mass is 381 g/mol. The molecule has 1 saturated heterocycles. The van der Waals surface area contributed by atoms with Crippen LogP contribution < -0.4 is 10.6 Å². The predicted octanol–water partition coefficient (Wildman–Crippen LogP) is 3.66. The van der Waals surface area contributed by atoms with Gasteiger partial charge in [0.15, 0.2) is 0 Å². The zero-order chi connectivity index (χ0) is 19.9. The van der Waals surface area contributed by atoms with Gasteiger partial charge in [0.1, 0.15) is 5.82 Å². The fraction of sp³-hybridized carbons (Fsp3) is 0.364. The molecule has 0 bridgehead atoms. The third-order valence-corrected chi connectivity index (χ3v) is 5.77. The van der Waals surface area contributed by atoms with Gasteiger partial charge in [-0.2, -0.15) is 0 Å². The molecule has 2 aromatic carbocycles. The van der Waals surface area contributed by atoms with Crippen LogP contribution in [-0.4, -0.2) is 29.3 Å². The van der Waals surface area contributed by atoms with E-state index in [1.807, 2.05) is 36.9 Å². The molecule has 0 radical (unpaired) electrons. The number of nitrogens with zero attached hydrogens (tertiary/aromatic N) is 1. The summed E-state index contributed by atoms with van der Waals surface area (Å²) in [5, 5.41) is 5.85. The van der Waals surface area contributed by atoms with Gasteiger partial charge in [0.05, 0.1) is 11.5 Å². The molecule has 146 valence electrons. The Morgan fingerprint density at radius 1 is 1.29 bits per heavy atom. The van der Waals surface area contributed by atoms with Gasteiger partial charge in [-0.1, -0.05) is 18.2 Å². The molecule has 0 spiro atoms. The van der Waals surface area contributed by atoms with Crippen molar-refractivity contribution in [1.82, 2.24) is 4.90 Å². The summed E-state index contributed by atoms with van der Waals surface area (Å²) in [5.74, 6) is -0.381. The van der Waals surface area contributed by atoms with Gasteiger partial charge in [-0.05, 0) is 63.1 Å². The van der Waals surface area contributed by atoms with Crippen molar-refractivity contribution in [2.45, 2.75) is 44.7 Å². The average Bonchev–Trinajstić information content (AvgIpc) is 3.20. The van der Waals surface area contributed by atoms with Gasteiger partial charge >= 0.3 is 0 Å². The molecular formula is C22H24FN3O2. The minimum Gasteiger partial charge on any atom is -0.325 e. The Morgan fingerprint density at radius 2 is 2.07 bits per heavy atom. The Hall–Kier alpha value is -2.73. The number of carbonyl (C=O) groups excluding carboxylic acids is 2. The minimum atomic E-state index is -0.625. The van der Waals surface area contributed by atoms with E-state index in [1.165, 1.54) is 6.07 Å². The first-order valence-corrected chi connectivity index (χ1v) is 9.60. The highest BCUT2D eigenvalue weighted by Gasteiger charge is 2.38. The van der Waals surface area contributed by atoms with E-state index in [9.17, 15) is 14.0 Å². The largest absolute Gasteiger partial charge is 0.325 e. The molecule has 6 heteroatoms. The fourth-order valence-electron chi connectivity index (χ4n) is 4.03. The molecule has 2 aliphatic rings. The number of anilines is 2. The summed E-state index contributed by atoms with van der Waals surface area (Å²) in [4.78, 5) is 27.0. The summed E-state index contributed by atoms with van der Waals surface area (Å²) in [6, 6.07) is 11.9. The van der Waals surface area contributed by atoms with Gasteiger partial charge in [0.2, 0.25) is 11.8 Å². The smallest absolute Gasteiger partial charge is 0.241 e. The molecule has 0 aromatic heterocycles. The highest BCUT2D eigenvalue weighted by molar-refractivity contribution is 6.06. The third-order valence-electron chi connectivity index (χ3n) is 5.77. The van der Waals surface area contributed by atoms with E-state index in [0.717, 1.165) is 30.6 Å². The van der Waals surface area contributed by atoms with Crippen LogP contribution in [0.25, 0.3) is 0 Å².